The second-order valence-corrected chi connectivity index (χ2v) is 3.98. The molecule has 84 valence electrons. The van der Waals surface area contributed by atoms with E-state index in [1.165, 1.54) is 0 Å². The van der Waals surface area contributed by atoms with Crippen molar-refractivity contribution in [3.63, 3.8) is 0 Å². The fraction of sp³-hybridized carbons (Fsp3) is 0.500. The Morgan fingerprint density at radius 2 is 1.93 bits per heavy atom. The van der Waals surface area contributed by atoms with Crippen molar-refractivity contribution < 1.29 is 15.3 Å². The van der Waals surface area contributed by atoms with E-state index in [0.717, 1.165) is 11.1 Å². The van der Waals surface area contributed by atoms with Gasteiger partial charge in [0.15, 0.2) is 0 Å². The zero-order valence-electron chi connectivity index (χ0n) is 9.14. The third kappa shape index (κ3) is 3.53. The van der Waals surface area contributed by atoms with Crippen LogP contribution in [0.3, 0.4) is 0 Å². The average Bonchev–Trinajstić information content (AvgIpc) is 2.18. The standard InChI is InChI=1S/C12H18O3/c1-8-3-5-12(15)10(7-8)4-6-11(14)9(2)13/h3,5,7,9,11,13-15H,4,6H2,1-2H3. The van der Waals surface area contributed by atoms with Crippen LogP contribution in [0.4, 0.5) is 0 Å². The summed E-state index contributed by atoms with van der Waals surface area (Å²) in [5.74, 6) is 0.249. The molecule has 1 rings (SSSR count). The van der Waals surface area contributed by atoms with Crippen LogP contribution in [0.1, 0.15) is 24.5 Å². The summed E-state index contributed by atoms with van der Waals surface area (Å²) in [6.45, 7) is 3.51. The van der Waals surface area contributed by atoms with Crippen LogP contribution in [0.5, 0.6) is 5.75 Å². The molecular formula is C12H18O3. The molecule has 0 radical (unpaired) electrons. The first-order valence-corrected chi connectivity index (χ1v) is 5.15. The Labute approximate surface area is 90.0 Å². The average molecular weight is 210 g/mol. The Morgan fingerprint density at radius 3 is 2.53 bits per heavy atom. The Balaban J connectivity index is 2.61. The van der Waals surface area contributed by atoms with Gasteiger partial charge in [-0.05, 0) is 38.3 Å². The van der Waals surface area contributed by atoms with Gasteiger partial charge in [-0.1, -0.05) is 17.7 Å². The maximum absolute atomic E-state index is 9.54. The third-order valence-corrected chi connectivity index (χ3v) is 2.50. The van der Waals surface area contributed by atoms with Crippen molar-refractivity contribution in [1.29, 1.82) is 0 Å². The Hall–Kier alpha value is -1.06. The fourth-order valence-electron chi connectivity index (χ4n) is 1.46. The molecule has 3 nitrogen and oxygen atoms in total. The van der Waals surface area contributed by atoms with E-state index in [-0.39, 0.29) is 5.75 Å². The number of hydrogen-bond acceptors (Lipinski definition) is 3. The summed E-state index contributed by atoms with van der Waals surface area (Å²) >= 11 is 0. The molecule has 1 aromatic rings. The molecule has 0 saturated carbocycles. The van der Waals surface area contributed by atoms with Crippen LogP contribution < -0.4 is 0 Å². The van der Waals surface area contributed by atoms with Crippen LogP contribution in [0.25, 0.3) is 0 Å². The number of aryl methyl sites for hydroxylation is 2. The maximum atomic E-state index is 9.54. The molecule has 0 aromatic heterocycles. The third-order valence-electron chi connectivity index (χ3n) is 2.50. The molecule has 2 unspecified atom stereocenters. The predicted octanol–water partition coefficient (Wildman–Crippen LogP) is 1.37. The van der Waals surface area contributed by atoms with Gasteiger partial charge >= 0.3 is 0 Å². The molecule has 0 heterocycles. The summed E-state index contributed by atoms with van der Waals surface area (Å²) in [7, 11) is 0. The molecule has 0 bridgehead atoms. The lowest BCUT2D eigenvalue weighted by Crippen LogP contribution is -2.22. The lowest BCUT2D eigenvalue weighted by molar-refractivity contribution is 0.0264. The summed E-state index contributed by atoms with van der Waals surface area (Å²) in [6.07, 6.45) is -0.435. The van der Waals surface area contributed by atoms with Gasteiger partial charge in [0.05, 0.1) is 12.2 Å². The molecule has 0 spiro atoms. The molecule has 0 saturated heterocycles. The summed E-state index contributed by atoms with van der Waals surface area (Å²) in [6, 6.07) is 5.38. The number of phenols is 1. The minimum Gasteiger partial charge on any atom is -0.508 e. The SMILES string of the molecule is Cc1ccc(O)c(CCC(O)C(C)O)c1. The predicted molar refractivity (Wildman–Crippen MR) is 58.9 cm³/mol. The molecule has 0 aliphatic rings. The molecule has 0 aliphatic carbocycles. The molecule has 3 N–H and O–H groups in total. The van der Waals surface area contributed by atoms with Crippen LogP contribution >= 0.6 is 0 Å². The van der Waals surface area contributed by atoms with Crippen LogP contribution in [-0.2, 0) is 6.42 Å². The van der Waals surface area contributed by atoms with Gasteiger partial charge in [-0.2, -0.15) is 0 Å². The summed E-state index contributed by atoms with van der Waals surface area (Å²) < 4.78 is 0. The van der Waals surface area contributed by atoms with Crippen molar-refractivity contribution >= 4 is 0 Å². The van der Waals surface area contributed by atoms with E-state index in [4.69, 9.17) is 5.11 Å². The van der Waals surface area contributed by atoms with E-state index in [1.807, 2.05) is 19.1 Å². The van der Waals surface area contributed by atoms with Gasteiger partial charge in [-0.3, -0.25) is 0 Å². The highest BCUT2D eigenvalue weighted by atomic mass is 16.3. The largest absolute Gasteiger partial charge is 0.508 e. The van der Waals surface area contributed by atoms with Gasteiger partial charge in [-0.15, -0.1) is 0 Å². The molecular weight excluding hydrogens is 192 g/mol. The number of rotatable bonds is 4. The number of benzene rings is 1. The van der Waals surface area contributed by atoms with Crippen LogP contribution in [0.2, 0.25) is 0 Å². The van der Waals surface area contributed by atoms with Crippen LogP contribution in [0.15, 0.2) is 18.2 Å². The summed E-state index contributed by atoms with van der Waals surface area (Å²) in [4.78, 5) is 0. The van der Waals surface area contributed by atoms with Gasteiger partial charge in [-0.25, -0.2) is 0 Å². The Kier molecular flexibility index (Phi) is 4.12. The monoisotopic (exact) mass is 210 g/mol. The molecule has 2 atom stereocenters. The number of aliphatic hydroxyl groups excluding tert-OH is 2. The first-order chi connectivity index (χ1) is 7.00. The topological polar surface area (TPSA) is 60.7 Å². The normalized spacial score (nSPS) is 14.9. The first kappa shape index (κ1) is 12.0. The molecule has 0 amide bonds. The summed E-state index contributed by atoms with van der Waals surface area (Å²) in [5, 5.41) is 28.1. The van der Waals surface area contributed by atoms with E-state index in [0.29, 0.717) is 12.8 Å². The highest BCUT2D eigenvalue weighted by Crippen LogP contribution is 2.20. The second kappa shape index (κ2) is 5.14. The van der Waals surface area contributed by atoms with Crippen molar-refractivity contribution in [2.75, 3.05) is 0 Å². The van der Waals surface area contributed by atoms with Crippen molar-refractivity contribution in [3.8, 4) is 5.75 Å². The minimum absolute atomic E-state index is 0.249. The van der Waals surface area contributed by atoms with Crippen molar-refractivity contribution in [3.05, 3.63) is 29.3 Å². The zero-order valence-corrected chi connectivity index (χ0v) is 9.14. The van der Waals surface area contributed by atoms with E-state index in [2.05, 4.69) is 0 Å². The molecule has 0 fully saturated rings. The van der Waals surface area contributed by atoms with E-state index < -0.39 is 12.2 Å². The molecule has 15 heavy (non-hydrogen) atoms. The van der Waals surface area contributed by atoms with Gasteiger partial charge < -0.3 is 15.3 Å². The maximum Gasteiger partial charge on any atom is 0.118 e. The van der Waals surface area contributed by atoms with Gasteiger partial charge in [0.25, 0.3) is 0 Å². The van der Waals surface area contributed by atoms with Crippen LogP contribution in [-0.4, -0.2) is 27.5 Å². The lowest BCUT2D eigenvalue weighted by atomic mass is 10.0. The number of aromatic hydroxyl groups is 1. The highest BCUT2D eigenvalue weighted by Gasteiger charge is 2.11. The van der Waals surface area contributed by atoms with Gasteiger partial charge in [0.1, 0.15) is 5.75 Å². The smallest absolute Gasteiger partial charge is 0.118 e. The fourth-order valence-corrected chi connectivity index (χ4v) is 1.46. The first-order valence-electron chi connectivity index (χ1n) is 5.15. The van der Waals surface area contributed by atoms with Crippen molar-refractivity contribution in [2.24, 2.45) is 0 Å². The van der Waals surface area contributed by atoms with Gasteiger partial charge in [0, 0.05) is 0 Å². The quantitative estimate of drug-likeness (QED) is 0.703. The van der Waals surface area contributed by atoms with Crippen molar-refractivity contribution in [2.45, 2.75) is 38.9 Å². The Bertz CT molecular complexity index is 321. The van der Waals surface area contributed by atoms with Crippen LogP contribution in [0, 0.1) is 6.92 Å². The van der Waals surface area contributed by atoms with E-state index >= 15 is 0 Å². The molecule has 3 heteroatoms. The number of phenolic OH excluding ortho intramolecular Hbond substituents is 1. The second-order valence-electron chi connectivity index (χ2n) is 3.98. The van der Waals surface area contributed by atoms with E-state index in [9.17, 15) is 10.2 Å². The summed E-state index contributed by atoms with van der Waals surface area (Å²) in [5.41, 5.74) is 1.89. The van der Waals surface area contributed by atoms with Gasteiger partial charge in [0.2, 0.25) is 0 Å². The Morgan fingerprint density at radius 1 is 1.27 bits per heavy atom. The zero-order chi connectivity index (χ0) is 11.4. The lowest BCUT2D eigenvalue weighted by Gasteiger charge is -2.13. The minimum atomic E-state index is -0.732. The number of aliphatic hydroxyl groups is 2. The van der Waals surface area contributed by atoms with E-state index in [1.54, 1.807) is 13.0 Å². The molecule has 0 aliphatic heterocycles. The van der Waals surface area contributed by atoms with Crippen molar-refractivity contribution in [1.82, 2.24) is 0 Å². The highest BCUT2D eigenvalue weighted by molar-refractivity contribution is 5.35. The molecule has 1 aromatic carbocycles. The number of hydrogen-bond donors (Lipinski definition) is 3.